The molecule has 0 aliphatic carbocycles. The van der Waals surface area contributed by atoms with Gasteiger partial charge in [-0.25, -0.2) is 0 Å². The SMILES string of the molecule is CC(CO)C(C)NCCCOc1ccccc1. The van der Waals surface area contributed by atoms with E-state index in [0.29, 0.717) is 12.0 Å². The van der Waals surface area contributed by atoms with Crippen LogP contribution in [0.25, 0.3) is 0 Å². The lowest BCUT2D eigenvalue weighted by Gasteiger charge is -2.19. The van der Waals surface area contributed by atoms with Gasteiger partial charge in [-0.15, -0.1) is 0 Å². The summed E-state index contributed by atoms with van der Waals surface area (Å²) in [6, 6.07) is 10.2. The molecule has 1 aromatic rings. The van der Waals surface area contributed by atoms with Crippen molar-refractivity contribution in [2.24, 2.45) is 5.92 Å². The summed E-state index contributed by atoms with van der Waals surface area (Å²) >= 11 is 0. The molecule has 0 fully saturated rings. The molecule has 0 heterocycles. The fourth-order valence-corrected chi connectivity index (χ4v) is 1.47. The van der Waals surface area contributed by atoms with Crippen molar-refractivity contribution in [3.05, 3.63) is 30.3 Å². The van der Waals surface area contributed by atoms with Crippen molar-refractivity contribution in [1.82, 2.24) is 5.32 Å². The summed E-state index contributed by atoms with van der Waals surface area (Å²) in [5.74, 6) is 1.22. The zero-order valence-electron chi connectivity index (χ0n) is 10.7. The van der Waals surface area contributed by atoms with Crippen molar-refractivity contribution in [3.63, 3.8) is 0 Å². The van der Waals surface area contributed by atoms with Gasteiger partial charge >= 0.3 is 0 Å². The Morgan fingerprint density at radius 2 is 1.94 bits per heavy atom. The van der Waals surface area contributed by atoms with Gasteiger partial charge in [-0.1, -0.05) is 25.1 Å². The highest BCUT2D eigenvalue weighted by molar-refractivity contribution is 5.20. The van der Waals surface area contributed by atoms with Crippen LogP contribution in [0.2, 0.25) is 0 Å². The summed E-state index contributed by atoms with van der Waals surface area (Å²) < 4.78 is 5.59. The van der Waals surface area contributed by atoms with Crippen LogP contribution in [-0.2, 0) is 0 Å². The number of aliphatic hydroxyl groups is 1. The second-order valence-corrected chi connectivity index (χ2v) is 4.42. The zero-order chi connectivity index (χ0) is 12.5. The minimum absolute atomic E-state index is 0.231. The van der Waals surface area contributed by atoms with Gasteiger partial charge in [0.05, 0.1) is 6.61 Å². The van der Waals surface area contributed by atoms with E-state index in [9.17, 15) is 0 Å². The molecule has 0 aromatic heterocycles. The van der Waals surface area contributed by atoms with Crippen LogP contribution in [0.4, 0.5) is 0 Å². The summed E-state index contributed by atoms with van der Waals surface area (Å²) in [5.41, 5.74) is 0. The van der Waals surface area contributed by atoms with Crippen LogP contribution in [0.1, 0.15) is 20.3 Å². The van der Waals surface area contributed by atoms with Gasteiger partial charge < -0.3 is 15.2 Å². The van der Waals surface area contributed by atoms with Crippen molar-refractivity contribution >= 4 is 0 Å². The predicted octanol–water partition coefficient (Wildman–Crippen LogP) is 2.06. The molecule has 3 heteroatoms. The summed E-state index contributed by atoms with van der Waals surface area (Å²) in [4.78, 5) is 0. The van der Waals surface area contributed by atoms with E-state index in [1.165, 1.54) is 0 Å². The third-order valence-corrected chi connectivity index (χ3v) is 2.94. The molecule has 3 nitrogen and oxygen atoms in total. The van der Waals surface area contributed by atoms with Crippen LogP contribution in [0.5, 0.6) is 5.75 Å². The molecule has 1 aromatic carbocycles. The van der Waals surface area contributed by atoms with Crippen LogP contribution in [0.3, 0.4) is 0 Å². The van der Waals surface area contributed by atoms with Gasteiger partial charge in [-0.3, -0.25) is 0 Å². The number of benzene rings is 1. The normalized spacial score (nSPS) is 14.3. The van der Waals surface area contributed by atoms with Crippen LogP contribution in [0.15, 0.2) is 30.3 Å². The van der Waals surface area contributed by atoms with Crippen molar-refractivity contribution in [1.29, 1.82) is 0 Å². The smallest absolute Gasteiger partial charge is 0.119 e. The van der Waals surface area contributed by atoms with Crippen molar-refractivity contribution in [2.45, 2.75) is 26.3 Å². The Labute approximate surface area is 104 Å². The number of aliphatic hydroxyl groups excluding tert-OH is 1. The van der Waals surface area contributed by atoms with Gasteiger partial charge in [0.2, 0.25) is 0 Å². The van der Waals surface area contributed by atoms with Crippen molar-refractivity contribution in [3.8, 4) is 5.75 Å². The van der Waals surface area contributed by atoms with E-state index in [2.05, 4.69) is 12.2 Å². The minimum atomic E-state index is 0.231. The van der Waals surface area contributed by atoms with E-state index in [0.717, 1.165) is 25.3 Å². The zero-order valence-corrected chi connectivity index (χ0v) is 10.7. The molecule has 96 valence electrons. The topological polar surface area (TPSA) is 41.5 Å². The monoisotopic (exact) mass is 237 g/mol. The average Bonchev–Trinajstić information content (AvgIpc) is 2.38. The second kappa shape index (κ2) is 8.09. The van der Waals surface area contributed by atoms with E-state index in [1.54, 1.807) is 0 Å². The molecule has 0 amide bonds. The highest BCUT2D eigenvalue weighted by atomic mass is 16.5. The Balaban J connectivity index is 2.05. The first-order valence-corrected chi connectivity index (χ1v) is 6.26. The fraction of sp³-hybridized carbons (Fsp3) is 0.571. The van der Waals surface area contributed by atoms with E-state index < -0.39 is 0 Å². The fourth-order valence-electron chi connectivity index (χ4n) is 1.47. The van der Waals surface area contributed by atoms with E-state index in [4.69, 9.17) is 9.84 Å². The van der Waals surface area contributed by atoms with E-state index in [-0.39, 0.29) is 6.61 Å². The van der Waals surface area contributed by atoms with Crippen LogP contribution >= 0.6 is 0 Å². The largest absolute Gasteiger partial charge is 0.494 e. The first-order valence-electron chi connectivity index (χ1n) is 6.26. The number of para-hydroxylation sites is 1. The maximum absolute atomic E-state index is 8.99. The Morgan fingerprint density at radius 3 is 2.59 bits per heavy atom. The number of ether oxygens (including phenoxy) is 1. The lowest BCUT2D eigenvalue weighted by Crippen LogP contribution is -2.34. The molecule has 0 saturated carbocycles. The maximum atomic E-state index is 8.99. The molecule has 0 bridgehead atoms. The predicted molar refractivity (Wildman–Crippen MR) is 70.3 cm³/mol. The average molecular weight is 237 g/mol. The van der Waals surface area contributed by atoms with Crippen molar-refractivity contribution in [2.75, 3.05) is 19.8 Å². The van der Waals surface area contributed by atoms with Crippen LogP contribution < -0.4 is 10.1 Å². The van der Waals surface area contributed by atoms with E-state index >= 15 is 0 Å². The molecular formula is C14H23NO2. The van der Waals surface area contributed by atoms with Gasteiger partial charge in [-0.2, -0.15) is 0 Å². The number of hydrogen-bond acceptors (Lipinski definition) is 3. The molecule has 2 atom stereocenters. The molecular weight excluding hydrogens is 214 g/mol. The summed E-state index contributed by atoms with van der Waals surface area (Å²) in [7, 11) is 0. The lowest BCUT2D eigenvalue weighted by molar-refractivity contribution is 0.205. The lowest BCUT2D eigenvalue weighted by atomic mass is 10.1. The van der Waals surface area contributed by atoms with E-state index in [1.807, 2.05) is 37.3 Å². The highest BCUT2D eigenvalue weighted by Gasteiger charge is 2.09. The molecule has 0 spiro atoms. The van der Waals surface area contributed by atoms with Gasteiger partial charge in [0, 0.05) is 12.6 Å². The minimum Gasteiger partial charge on any atom is -0.494 e. The summed E-state index contributed by atoms with van der Waals surface area (Å²) in [6.07, 6.45) is 0.970. The number of nitrogens with one attached hydrogen (secondary N) is 1. The Bertz CT molecular complexity index is 290. The van der Waals surface area contributed by atoms with Gasteiger partial charge in [-0.05, 0) is 37.9 Å². The Kier molecular flexibility index (Phi) is 6.67. The number of rotatable bonds is 8. The maximum Gasteiger partial charge on any atom is 0.119 e. The first kappa shape index (κ1) is 14.0. The molecule has 0 saturated heterocycles. The highest BCUT2D eigenvalue weighted by Crippen LogP contribution is 2.08. The molecule has 0 radical (unpaired) electrons. The van der Waals surface area contributed by atoms with Gasteiger partial charge in [0.15, 0.2) is 0 Å². The quantitative estimate of drug-likeness (QED) is 0.680. The standard InChI is InChI=1S/C14H23NO2/c1-12(11-16)13(2)15-9-6-10-17-14-7-4-3-5-8-14/h3-5,7-8,12-13,15-16H,6,9-11H2,1-2H3. The van der Waals surface area contributed by atoms with Crippen LogP contribution in [0, 0.1) is 5.92 Å². The second-order valence-electron chi connectivity index (χ2n) is 4.42. The first-order chi connectivity index (χ1) is 8.24. The molecule has 1 rings (SSSR count). The molecule has 0 aliphatic heterocycles. The van der Waals surface area contributed by atoms with Crippen LogP contribution in [-0.4, -0.2) is 30.9 Å². The molecule has 2 N–H and O–H groups in total. The van der Waals surface area contributed by atoms with Gasteiger partial charge in [0.25, 0.3) is 0 Å². The third-order valence-electron chi connectivity index (χ3n) is 2.94. The Hall–Kier alpha value is -1.06. The molecule has 17 heavy (non-hydrogen) atoms. The number of hydrogen-bond donors (Lipinski definition) is 2. The molecule has 2 unspecified atom stereocenters. The molecule has 0 aliphatic rings. The third kappa shape index (κ3) is 5.71. The summed E-state index contributed by atoms with van der Waals surface area (Å²) in [6.45, 7) is 6.00. The van der Waals surface area contributed by atoms with Crippen molar-refractivity contribution < 1.29 is 9.84 Å². The van der Waals surface area contributed by atoms with Gasteiger partial charge in [0.1, 0.15) is 5.75 Å². The summed E-state index contributed by atoms with van der Waals surface area (Å²) in [5, 5.41) is 12.4. The Morgan fingerprint density at radius 1 is 1.24 bits per heavy atom.